The highest BCUT2D eigenvalue weighted by Crippen LogP contribution is 2.29. The second-order valence-electron chi connectivity index (χ2n) is 4.00. The molecule has 0 fully saturated rings. The third-order valence-corrected chi connectivity index (χ3v) is 2.48. The van der Waals surface area contributed by atoms with Gasteiger partial charge in [-0.1, -0.05) is 43.7 Å². The molecule has 0 aliphatic rings. The van der Waals surface area contributed by atoms with E-state index >= 15 is 0 Å². The molecule has 0 aromatic heterocycles. The standard InChI is InChI=1S/C14H17F3/c1-2-3-4-5-6-8-12-9-7-10-13(11-12)14(15,16)17/h4-5,7,9-11H,2-3,6,8H2,1H3/b5-4-. The second kappa shape index (κ2) is 6.48. The third kappa shape index (κ3) is 5.07. The molecule has 0 spiro atoms. The maximum Gasteiger partial charge on any atom is 0.416 e. The number of hydrogen-bond donors (Lipinski definition) is 0. The average molecular weight is 242 g/mol. The molecule has 1 rings (SSSR count). The molecule has 0 aliphatic heterocycles. The van der Waals surface area contributed by atoms with Crippen LogP contribution < -0.4 is 0 Å². The first-order valence-corrected chi connectivity index (χ1v) is 5.85. The van der Waals surface area contributed by atoms with Gasteiger partial charge in [0.2, 0.25) is 0 Å². The van der Waals surface area contributed by atoms with Gasteiger partial charge in [0.1, 0.15) is 0 Å². The van der Waals surface area contributed by atoms with Crippen LogP contribution in [0.3, 0.4) is 0 Å². The zero-order chi connectivity index (χ0) is 12.7. The summed E-state index contributed by atoms with van der Waals surface area (Å²) in [6.07, 6.45) is 3.44. The highest BCUT2D eigenvalue weighted by Gasteiger charge is 2.30. The van der Waals surface area contributed by atoms with Gasteiger partial charge in [-0.05, 0) is 30.9 Å². The fourth-order valence-electron chi connectivity index (χ4n) is 1.56. The maximum atomic E-state index is 12.4. The van der Waals surface area contributed by atoms with Crippen molar-refractivity contribution in [2.45, 2.75) is 38.8 Å². The Bertz CT molecular complexity index is 364. The Morgan fingerprint density at radius 3 is 2.47 bits per heavy atom. The number of halogens is 3. The molecule has 17 heavy (non-hydrogen) atoms. The van der Waals surface area contributed by atoms with Crippen LogP contribution in [0.2, 0.25) is 0 Å². The molecule has 0 heterocycles. The number of rotatable bonds is 5. The van der Waals surface area contributed by atoms with E-state index in [4.69, 9.17) is 0 Å². The number of alkyl halides is 3. The molecule has 0 amide bonds. The van der Waals surface area contributed by atoms with Crippen molar-refractivity contribution in [3.8, 4) is 0 Å². The molecule has 1 aromatic carbocycles. The number of unbranched alkanes of at least 4 members (excludes halogenated alkanes) is 1. The van der Waals surface area contributed by atoms with E-state index < -0.39 is 11.7 Å². The Kier molecular flexibility index (Phi) is 5.26. The largest absolute Gasteiger partial charge is 0.416 e. The number of hydrogen-bond acceptors (Lipinski definition) is 0. The molecule has 0 radical (unpaired) electrons. The van der Waals surface area contributed by atoms with Gasteiger partial charge >= 0.3 is 6.18 Å². The molecular weight excluding hydrogens is 225 g/mol. The summed E-state index contributed by atoms with van der Waals surface area (Å²) in [5, 5.41) is 0. The molecule has 0 N–H and O–H groups in total. The molecule has 3 heteroatoms. The number of allylic oxidation sites excluding steroid dienone is 2. The van der Waals surface area contributed by atoms with Crippen LogP contribution >= 0.6 is 0 Å². The van der Waals surface area contributed by atoms with E-state index in [1.165, 1.54) is 12.1 Å². The normalized spacial score (nSPS) is 12.2. The Morgan fingerprint density at radius 2 is 1.82 bits per heavy atom. The van der Waals surface area contributed by atoms with Crippen molar-refractivity contribution < 1.29 is 13.2 Å². The van der Waals surface area contributed by atoms with Crippen molar-refractivity contribution >= 4 is 0 Å². The second-order valence-corrected chi connectivity index (χ2v) is 4.00. The van der Waals surface area contributed by atoms with Gasteiger partial charge in [0.05, 0.1) is 5.56 Å². The fourth-order valence-corrected chi connectivity index (χ4v) is 1.56. The summed E-state index contributed by atoms with van der Waals surface area (Å²) < 4.78 is 37.3. The first kappa shape index (κ1) is 13.8. The van der Waals surface area contributed by atoms with Crippen LogP contribution in [0.4, 0.5) is 13.2 Å². The molecule has 0 bridgehead atoms. The zero-order valence-corrected chi connectivity index (χ0v) is 9.93. The number of aryl methyl sites for hydroxylation is 1. The first-order chi connectivity index (χ1) is 8.04. The van der Waals surface area contributed by atoms with Crippen LogP contribution in [0, 0.1) is 0 Å². The smallest absolute Gasteiger partial charge is 0.166 e. The summed E-state index contributed by atoms with van der Waals surface area (Å²) in [5.74, 6) is 0. The Morgan fingerprint density at radius 1 is 1.12 bits per heavy atom. The minimum absolute atomic E-state index is 0.562. The molecule has 0 saturated heterocycles. The predicted octanol–water partition coefficient (Wildman–Crippen LogP) is 4.99. The van der Waals surface area contributed by atoms with Crippen LogP contribution in [-0.4, -0.2) is 0 Å². The predicted molar refractivity (Wildman–Crippen MR) is 63.8 cm³/mol. The quantitative estimate of drug-likeness (QED) is 0.638. The van der Waals surface area contributed by atoms with Crippen molar-refractivity contribution in [2.24, 2.45) is 0 Å². The van der Waals surface area contributed by atoms with E-state index in [9.17, 15) is 13.2 Å². The summed E-state index contributed by atoms with van der Waals surface area (Å²) in [5.41, 5.74) is 0.175. The molecule has 1 aromatic rings. The maximum absolute atomic E-state index is 12.4. The van der Waals surface area contributed by atoms with Crippen LogP contribution in [-0.2, 0) is 12.6 Å². The van der Waals surface area contributed by atoms with Crippen LogP contribution in [0.5, 0.6) is 0 Å². The summed E-state index contributed by atoms with van der Waals surface area (Å²) in [6.45, 7) is 2.09. The highest BCUT2D eigenvalue weighted by atomic mass is 19.4. The van der Waals surface area contributed by atoms with E-state index in [0.29, 0.717) is 6.42 Å². The summed E-state index contributed by atoms with van der Waals surface area (Å²) in [7, 11) is 0. The average Bonchev–Trinajstić information content (AvgIpc) is 2.28. The molecule has 0 unspecified atom stereocenters. The van der Waals surface area contributed by atoms with E-state index in [1.54, 1.807) is 6.07 Å². The first-order valence-electron chi connectivity index (χ1n) is 5.85. The van der Waals surface area contributed by atoms with E-state index in [0.717, 1.165) is 30.9 Å². The van der Waals surface area contributed by atoms with Gasteiger partial charge in [-0.15, -0.1) is 0 Å². The molecule has 0 atom stereocenters. The lowest BCUT2D eigenvalue weighted by atomic mass is 10.1. The molecule has 0 nitrogen and oxygen atoms in total. The third-order valence-electron chi connectivity index (χ3n) is 2.48. The monoisotopic (exact) mass is 242 g/mol. The van der Waals surface area contributed by atoms with Gasteiger partial charge in [0.25, 0.3) is 0 Å². The van der Waals surface area contributed by atoms with Gasteiger partial charge in [0.15, 0.2) is 0 Å². The van der Waals surface area contributed by atoms with Gasteiger partial charge in [-0.25, -0.2) is 0 Å². The fraction of sp³-hybridized carbons (Fsp3) is 0.429. The lowest BCUT2D eigenvalue weighted by Gasteiger charge is -2.07. The van der Waals surface area contributed by atoms with Crippen molar-refractivity contribution in [2.75, 3.05) is 0 Å². The van der Waals surface area contributed by atoms with Gasteiger partial charge in [-0.3, -0.25) is 0 Å². The van der Waals surface area contributed by atoms with Gasteiger partial charge < -0.3 is 0 Å². The van der Waals surface area contributed by atoms with Crippen molar-refractivity contribution in [3.63, 3.8) is 0 Å². The SMILES string of the molecule is CCC/C=C\CCc1cccc(C(F)(F)F)c1. The molecule has 0 saturated carbocycles. The van der Waals surface area contributed by atoms with Crippen molar-refractivity contribution in [1.29, 1.82) is 0 Å². The molecular formula is C14H17F3. The lowest BCUT2D eigenvalue weighted by Crippen LogP contribution is -2.05. The Hall–Kier alpha value is -1.25. The zero-order valence-electron chi connectivity index (χ0n) is 9.93. The van der Waals surface area contributed by atoms with Crippen LogP contribution in [0.15, 0.2) is 36.4 Å². The minimum atomic E-state index is -4.24. The minimum Gasteiger partial charge on any atom is -0.166 e. The van der Waals surface area contributed by atoms with Crippen LogP contribution in [0.25, 0.3) is 0 Å². The van der Waals surface area contributed by atoms with Crippen molar-refractivity contribution in [3.05, 3.63) is 47.5 Å². The summed E-state index contributed by atoms with van der Waals surface area (Å²) >= 11 is 0. The Labute approximate surface area is 100 Å². The topological polar surface area (TPSA) is 0 Å². The van der Waals surface area contributed by atoms with E-state index in [-0.39, 0.29) is 0 Å². The van der Waals surface area contributed by atoms with Gasteiger partial charge in [0, 0.05) is 0 Å². The summed E-state index contributed by atoms with van der Waals surface area (Å²) in [4.78, 5) is 0. The lowest BCUT2D eigenvalue weighted by molar-refractivity contribution is -0.137. The molecule has 0 aliphatic carbocycles. The van der Waals surface area contributed by atoms with Crippen LogP contribution in [0.1, 0.15) is 37.3 Å². The number of benzene rings is 1. The van der Waals surface area contributed by atoms with E-state index in [1.807, 2.05) is 6.08 Å². The highest BCUT2D eigenvalue weighted by molar-refractivity contribution is 5.25. The Balaban J connectivity index is 2.55. The summed E-state index contributed by atoms with van der Waals surface area (Å²) in [6, 6.07) is 5.54. The van der Waals surface area contributed by atoms with E-state index in [2.05, 4.69) is 13.0 Å². The van der Waals surface area contributed by atoms with Crippen molar-refractivity contribution in [1.82, 2.24) is 0 Å². The van der Waals surface area contributed by atoms with Gasteiger partial charge in [-0.2, -0.15) is 13.2 Å². The molecule has 94 valence electrons.